The summed E-state index contributed by atoms with van der Waals surface area (Å²) >= 11 is -1.91. The van der Waals surface area contributed by atoms with Crippen molar-refractivity contribution in [1.82, 2.24) is 10.0 Å². The Bertz CT molecular complexity index is 225. The van der Waals surface area contributed by atoms with E-state index in [1.807, 2.05) is 0 Å². The van der Waals surface area contributed by atoms with Gasteiger partial charge in [-0.25, -0.2) is 8.93 Å². The van der Waals surface area contributed by atoms with Gasteiger partial charge in [0, 0.05) is 17.1 Å². The van der Waals surface area contributed by atoms with Gasteiger partial charge < -0.3 is 5.32 Å². The van der Waals surface area contributed by atoms with Gasteiger partial charge >= 0.3 is 0 Å². The lowest BCUT2D eigenvalue weighted by atomic mass is 9.80. The van der Waals surface area contributed by atoms with Crippen molar-refractivity contribution in [3.63, 3.8) is 0 Å². The molecule has 0 bridgehead atoms. The predicted molar refractivity (Wildman–Crippen MR) is 58.2 cm³/mol. The lowest BCUT2D eigenvalue weighted by Gasteiger charge is -2.46. The van der Waals surface area contributed by atoms with Crippen LogP contribution in [0.4, 0.5) is 0 Å². The molecule has 1 fully saturated rings. The van der Waals surface area contributed by atoms with Gasteiger partial charge in [-0.1, -0.05) is 0 Å². The molecule has 0 spiro atoms. The van der Waals surface area contributed by atoms with Gasteiger partial charge in [-0.15, -0.1) is 0 Å². The van der Waals surface area contributed by atoms with Crippen LogP contribution in [0.1, 0.15) is 40.5 Å². The zero-order chi connectivity index (χ0) is 11.0. The molecule has 0 radical (unpaired) electrons. The minimum atomic E-state index is -1.91. The lowest BCUT2D eigenvalue weighted by molar-refractivity contribution is 0.156. The van der Waals surface area contributed by atoms with Crippen LogP contribution >= 0.6 is 0 Å². The highest BCUT2D eigenvalue weighted by atomic mass is 32.2. The Labute approximate surface area is 88.3 Å². The van der Waals surface area contributed by atoms with Crippen molar-refractivity contribution in [3.05, 3.63) is 0 Å². The van der Waals surface area contributed by atoms with E-state index in [0.717, 1.165) is 12.8 Å². The molecule has 4 nitrogen and oxygen atoms in total. The molecule has 0 aromatic rings. The van der Waals surface area contributed by atoms with Crippen LogP contribution in [0.25, 0.3) is 0 Å². The molecule has 0 aromatic carbocycles. The fraction of sp³-hybridized carbons (Fsp3) is 1.00. The van der Waals surface area contributed by atoms with Crippen LogP contribution in [0.5, 0.6) is 0 Å². The summed E-state index contributed by atoms with van der Waals surface area (Å²) in [5.41, 5.74) is 0.0254. The van der Waals surface area contributed by atoms with Crippen LogP contribution in [0, 0.1) is 0 Å². The second-order valence-corrected chi connectivity index (χ2v) is 6.10. The third-order valence-electron chi connectivity index (χ3n) is 2.46. The largest absolute Gasteiger partial charge is 0.307 e. The highest BCUT2D eigenvalue weighted by molar-refractivity contribution is 7.77. The Balaban J connectivity index is 2.66. The molecular weight excluding hydrogens is 200 g/mol. The molecule has 1 unspecified atom stereocenters. The summed E-state index contributed by atoms with van der Waals surface area (Å²) < 4.78 is 22.1. The van der Waals surface area contributed by atoms with E-state index < -0.39 is 11.3 Å². The van der Waals surface area contributed by atoms with Crippen molar-refractivity contribution >= 4 is 11.3 Å². The van der Waals surface area contributed by atoms with Crippen molar-refractivity contribution in [1.29, 1.82) is 0 Å². The summed E-state index contributed by atoms with van der Waals surface area (Å²) in [6.07, 6.45) is 1.73. The van der Waals surface area contributed by atoms with Crippen LogP contribution in [0.2, 0.25) is 0 Å². The molecule has 1 heterocycles. The summed E-state index contributed by atoms with van der Waals surface area (Å²) in [4.78, 5) is 0. The second-order valence-electron chi connectivity index (χ2n) is 5.36. The summed E-state index contributed by atoms with van der Waals surface area (Å²) in [5, 5.41) is 3.51. The fourth-order valence-electron chi connectivity index (χ4n) is 2.55. The number of nitrogens with one attached hydrogen (secondary N) is 2. The quantitative estimate of drug-likeness (QED) is 0.609. The van der Waals surface area contributed by atoms with Gasteiger partial charge in [0.2, 0.25) is 11.3 Å². The Kier molecular flexibility index (Phi) is 3.36. The van der Waals surface area contributed by atoms with E-state index in [2.05, 4.69) is 37.7 Å². The molecule has 0 aliphatic carbocycles. The first kappa shape index (κ1) is 12.1. The summed E-state index contributed by atoms with van der Waals surface area (Å²) in [7, 11) is 0. The minimum absolute atomic E-state index is 0.0127. The van der Waals surface area contributed by atoms with Crippen molar-refractivity contribution < 1.29 is 8.76 Å². The molecule has 0 amide bonds. The molecule has 1 aliphatic rings. The van der Waals surface area contributed by atoms with Crippen LogP contribution in [0.3, 0.4) is 0 Å². The second kappa shape index (κ2) is 3.89. The van der Waals surface area contributed by atoms with Crippen LogP contribution in [0.15, 0.2) is 0 Å². The molecule has 1 atom stereocenters. The first-order valence-electron chi connectivity index (χ1n) is 4.87. The van der Waals surface area contributed by atoms with Gasteiger partial charge in [0.1, 0.15) is 0 Å². The average Bonchev–Trinajstić information content (AvgIpc) is 1.74. The highest BCUT2D eigenvalue weighted by Gasteiger charge is 2.37. The van der Waals surface area contributed by atoms with Crippen LogP contribution < -0.4 is 10.0 Å². The van der Waals surface area contributed by atoms with E-state index in [1.54, 1.807) is 0 Å². The number of piperidine rings is 1. The maximum Gasteiger partial charge on any atom is 0.231 e. The van der Waals surface area contributed by atoms with Gasteiger partial charge in [0.15, 0.2) is 0 Å². The first-order valence-corrected chi connectivity index (χ1v) is 5.97. The molecule has 1 rings (SSSR count). The molecule has 14 heavy (non-hydrogen) atoms. The molecule has 1 aliphatic heterocycles. The molecule has 0 saturated carbocycles. The highest BCUT2D eigenvalue weighted by Crippen LogP contribution is 2.28. The maximum absolute atomic E-state index is 10.7. The first-order chi connectivity index (χ1) is 6.20. The van der Waals surface area contributed by atoms with Crippen molar-refractivity contribution in [3.8, 4) is 0 Å². The zero-order valence-corrected chi connectivity index (χ0v) is 10.1. The Morgan fingerprint density at radius 2 is 1.71 bits per heavy atom. The summed E-state index contributed by atoms with van der Waals surface area (Å²) in [6, 6.07) is 0.104. The summed E-state index contributed by atoms with van der Waals surface area (Å²) in [6.45, 7) is 8.46. The SMILES string of the molecule is CC1(C)CC(NS(=O)O)CC(C)(C)N1. The third kappa shape index (κ3) is 3.65. The van der Waals surface area contributed by atoms with E-state index >= 15 is 0 Å². The normalized spacial score (nSPS) is 28.6. The molecule has 1 saturated heterocycles. The standard InChI is InChI=1S/C9H20N2O2S/c1-8(2)5-7(10-14(12)13)6-9(3,4)11-8/h7,10-11H,5-6H2,1-4H3,(H,12,13). The molecule has 5 heteroatoms. The Hall–Kier alpha value is 0.0300. The van der Waals surface area contributed by atoms with Crippen LogP contribution in [-0.2, 0) is 11.3 Å². The smallest absolute Gasteiger partial charge is 0.231 e. The Morgan fingerprint density at radius 1 is 1.29 bits per heavy atom. The summed E-state index contributed by atoms with van der Waals surface area (Å²) in [5.74, 6) is 0. The number of hydrogen-bond acceptors (Lipinski definition) is 2. The third-order valence-corrected chi connectivity index (χ3v) is 2.99. The van der Waals surface area contributed by atoms with E-state index in [1.165, 1.54) is 0 Å². The predicted octanol–water partition coefficient (Wildman–Crippen LogP) is 1.02. The molecular formula is C9H20N2O2S. The monoisotopic (exact) mass is 220 g/mol. The average molecular weight is 220 g/mol. The van der Waals surface area contributed by atoms with Crippen molar-refractivity contribution in [2.24, 2.45) is 0 Å². The lowest BCUT2D eigenvalue weighted by Crippen LogP contribution is -2.61. The fourth-order valence-corrected chi connectivity index (χ4v) is 3.00. The van der Waals surface area contributed by atoms with Gasteiger partial charge in [0.05, 0.1) is 0 Å². The van der Waals surface area contributed by atoms with E-state index in [9.17, 15) is 4.21 Å². The topological polar surface area (TPSA) is 61.4 Å². The van der Waals surface area contributed by atoms with Gasteiger partial charge in [-0.05, 0) is 40.5 Å². The number of rotatable bonds is 2. The minimum Gasteiger partial charge on any atom is -0.307 e. The zero-order valence-electron chi connectivity index (χ0n) is 9.26. The van der Waals surface area contributed by atoms with Gasteiger partial charge in [0.25, 0.3) is 0 Å². The molecule has 3 N–H and O–H groups in total. The number of hydrogen-bond donors (Lipinski definition) is 3. The molecule has 0 aromatic heterocycles. The van der Waals surface area contributed by atoms with Crippen molar-refractivity contribution in [2.45, 2.75) is 57.7 Å². The van der Waals surface area contributed by atoms with Crippen molar-refractivity contribution in [2.75, 3.05) is 0 Å². The van der Waals surface area contributed by atoms with E-state index in [0.29, 0.717) is 0 Å². The molecule has 84 valence electrons. The van der Waals surface area contributed by atoms with E-state index in [-0.39, 0.29) is 17.1 Å². The van der Waals surface area contributed by atoms with E-state index in [4.69, 9.17) is 4.55 Å². The van der Waals surface area contributed by atoms with Gasteiger partial charge in [-0.3, -0.25) is 4.55 Å². The van der Waals surface area contributed by atoms with Crippen LogP contribution in [-0.4, -0.2) is 25.9 Å². The maximum atomic E-state index is 10.7. The van der Waals surface area contributed by atoms with Gasteiger partial charge in [-0.2, -0.15) is 0 Å². The Morgan fingerprint density at radius 3 is 2.07 bits per heavy atom.